The highest BCUT2D eigenvalue weighted by Crippen LogP contribution is 2.40. The van der Waals surface area contributed by atoms with Gasteiger partial charge in [-0.05, 0) is 18.9 Å². The minimum atomic E-state index is -0.178. The second-order valence-corrected chi connectivity index (χ2v) is 6.53. The van der Waals surface area contributed by atoms with Crippen molar-refractivity contribution in [1.29, 1.82) is 0 Å². The maximum atomic E-state index is 12.6. The Kier molecular flexibility index (Phi) is 3.54. The second kappa shape index (κ2) is 5.26. The fourth-order valence-corrected chi connectivity index (χ4v) is 3.56. The van der Waals surface area contributed by atoms with Gasteiger partial charge in [-0.25, -0.2) is 0 Å². The van der Waals surface area contributed by atoms with Gasteiger partial charge < -0.3 is 14.4 Å². The maximum Gasteiger partial charge on any atom is 0.270 e. The van der Waals surface area contributed by atoms with Crippen LogP contribution in [-0.2, 0) is 11.8 Å². The molecule has 1 aromatic heterocycles. The van der Waals surface area contributed by atoms with Gasteiger partial charge in [-0.2, -0.15) is 0 Å². The van der Waals surface area contributed by atoms with Crippen molar-refractivity contribution < 1.29 is 9.59 Å². The Morgan fingerprint density at radius 2 is 1.82 bits per heavy atom. The van der Waals surface area contributed by atoms with Crippen molar-refractivity contribution in [3.8, 4) is 0 Å². The molecule has 0 radical (unpaired) electrons. The third-order valence-corrected chi connectivity index (χ3v) is 5.04. The molecule has 22 heavy (non-hydrogen) atoms. The summed E-state index contributed by atoms with van der Waals surface area (Å²) in [6.45, 7) is 2.07. The van der Waals surface area contributed by atoms with Crippen LogP contribution < -0.4 is 5.56 Å². The number of hydrogen-bond donors (Lipinski definition) is 0. The first kappa shape index (κ1) is 14.8. The molecular weight excluding hydrogens is 282 g/mol. The molecule has 118 valence electrons. The van der Waals surface area contributed by atoms with Crippen LogP contribution in [0.4, 0.5) is 0 Å². The number of pyridine rings is 1. The lowest BCUT2D eigenvalue weighted by Gasteiger charge is -2.38. The summed E-state index contributed by atoms with van der Waals surface area (Å²) in [6, 6.07) is 4.74. The van der Waals surface area contributed by atoms with Crippen LogP contribution in [0.15, 0.2) is 23.0 Å². The quantitative estimate of drug-likeness (QED) is 0.757. The van der Waals surface area contributed by atoms with Gasteiger partial charge in [-0.3, -0.25) is 14.4 Å². The van der Waals surface area contributed by atoms with Gasteiger partial charge in [0.1, 0.15) is 5.69 Å². The van der Waals surface area contributed by atoms with Gasteiger partial charge in [0, 0.05) is 51.6 Å². The summed E-state index contributed by atoms with van der Waals surface area (Å²) in [7, 11) is 3.46. The number of rotatable bonds is 1. The number of amides is 2. The van der Waals surface area contributed by atoms with Crippen molar-refractivity contribution in [2.45, 2.75) is 19.3 Å². The van der Waals surface area contributed by atoms with Crippen LogP contribution in [0.2, 0.25) is 0 Å². The van der Waals surface area contributed by atoms with Crippen molar-refractivity contribution in [3.63, 3.8) is 0 Å². The highest BCUT2D eigenvalue weighted by molar-refractivity contribution is 5.92. The monoisotopic (exact) mass is 303 g/mol. The van der Waals surface area contributed by atoms with Gasteiger partial charge >= 0.3 is 0 Å². The Hall–Kier alpha value is -2.11. The van der Waals surface area contributed by atoms with Gasteiger partial charge in [0.05, 0.1) is 0 Å². The predicted octanol–water partition coefficient (Wildman–Crippen LogP) is 0.470. The average molecular weight is 303 g/mol. The van der Waals surface area contributed by atoms with E-state index in [0.29, 0.717) is 25.2 Å². The summed E-state index contributed by atoms with van der Waals surface area (Å²) in [4.78, 5) is 39.6. The Labute approximate surface area is 129 Å². The number of aromatic nitrogens is 1. The zero-order chi connectivity index (χ0) is 15.9. The summed E-state index contributed by atoms with van der Waals surface area (Å²) in [5.74, 6) is 0.0953. The predicted molar refractivity (Wildman–Crippen MR) is 81.5 cm³/mol. The third kappa shape index (κ3) is 2.42. The van der Waals surface area contributed by atoms with E-state index in [0.717, 1.165) is 19.4 Å². The number of hydrogen-bond acceptors (Lipinski definition) is 3. The van der Waals surface area contributed by atoms with E-state index in [1.54, 1.807) is 29.0 Å². The van der Waals surface area contributed by atoms with E-state index in [4.69, 9.17) is 0 Å². The van der Waals surface area contributed by atoms with Crippen molar-refractivity contribution >= 4 is 11.8 Å². The number of likely N-dealkylation sites (tertiary alicyclic amines) is 2. The highest BCUT2D eigenvalue weighted by atomic mass is 16.2. The van der Waals surface area contributed by atoms with Crippen LogP contribution in [0, 0.1) is 5.41 Å². The van der Waals surface area contributed by atoms with E-state index in [-0.39, 0.29) is 22.8 Å². The lowest BCUT2D eigenvalue weighted by Crippen LogP contribution is -2.45. The molecule has 2 amide bonds. The van der Waals surface area contributed by atoms with E-state index in [2.05, 4.69) is 0 Å². The van der Waals surface area contributed by atoms with Crippen molar-refractivity contribution in [3.05, 3.63) is 34.2 Å². The molecule has 2 fully saturated rings. The Balaban J connectivity index is 1.72. The van der Waals surface area contributed by atoms with Gasteiger partial charge in [0.2, 0.25) is 5.91 Å². The zero-order valence-corrected chi connectivity index (χ0v) is 13.0. The summed E-state index contributed by atoms with van der Waals surface area (Å²) in [5.41, 5.74) is 0.274. The molecule has 0 bridgehead atoms. The van der Waals surface area contributed by atoms with Crippen LogP contribution in [-0.4, -0.2) is 52.9 Å². The summed E-state index contributed by atoms with van der Waals surface area (Å²) in [5, 5.41) is 0. The van der Waals surface area contributed by atoms with Gasteiger partial charge in [0.25, 0.3) is 11.5 Å². The molecule has 0 saturated carbocycles. The molecule has 3 rings (SSSR count). The minimum absolute atomic E-state index is 0.0329. The van der Waals surface area contributed by atoms with Crippen molar-refractivity contribution in [1.82, 2.24) is 14.4 Å². The number of carbonyl (C=O) groups excluding carboxylic acids is 2. The molecule has 1 spiro atoms. The zero-order valence-electron chi connectivity index (χ0n) is 13.0. The molecule has 2 aliphatic heterocycles. The first-order valence-corrected chi connectivity index (χ1v) is 7.61. The van der Waals surface area contributed by atoms with Gasteiger partial charge in [0.15, 0.2) is 0 Å². The van der Waals surface area contributed by atoms with E-state index in [1.165, 1.54) is 10.6 Å². The minimum Gasteiger partial charge on any atom is -0.345 e. The Morgan fingerprint density at radius 1 is 1.14 bits per heavy atom. The molecule has 3 heterocycles. The van der Waals surface area contributed by atoms with Crippen molar-refractivity contribution in [2.75, 3.05) is 26.7 Å². The van der Waals surface area contributed by atoms with Crippen LogP contribution in [0.3, 0.4) is 0 Å². The second-order valence-electron chi connectivity index (χ2n) is 6.53. The lowest BCUT2D eigenvalue weighted by molar-refractivity contribution is -0.126. The van der Waals surface area contributed by atoms with Gasteiger partial charge in [-0.15, -0.1) is 0 Å². The number of carbonyl (C=O) groups is 2. The standard InChI is InChI=1S/C16H21N3O3/c1-17-11-16(10-14(17)21)6-8-19(9-7-16)15(22)12-4-3-5-13(20)18(12)2/h3-5H,6-11H2,1-2H3. The topological polar surface area (TPSA) is 62.6 Å². The van der Waals surface area contributed by atoms with Crippen LogP contribution in [0.25, 0.3) is 0 Å². The molecule has 0 aliphatic carbocycles. The first-order valence-electron chi connectivity index (χ1n) is 7.61. The fraction of sp³-hybridized carbons (Fsp3) is 0.562. The molecule has 6 heteroatoms. The average Bonchev–Trinajstić information content (AvgIpc) is 2.76. The molecule has 6 nitrogen and oxygen atoms in total. The molecule has 0 aromatic carbocycles. The number of piperidine rings is 1. The normalized spacial score (nSPS) is 20.7. The molecular formula is C16H21N3O3. The lowest BCUT2D eigenvalue weighted by atomic mass is 9.77. The van der Waals surface area contributed by atoms with Crippen LogP contribution in [0.5, 0.6) is 0 Å². The fourth-order valence-electron chi connectivity index (χ4n) is 3.56. The van der Waals surface area contributed by atoms with E-state index < -0.39 is 0 Å². The molecule has 0 atom stereocenters. The maximum absolute atomic E-state index is 12.6. The van der Waals surface area contributed by atoms with E-state index in [9.17, 15) is 14.4 Å². The first-order chi connectivity index (χ1) is 10.4. The largest absolute Gasteiger partial charge is 0.345 e. The van der Waals surface area contributed by atoms with Crippen molar-refractivity contribution in [2.24, 2.45) is 12.5 Å². The summed E-state index contributed by atoms with van der Waals surface area (Å²) < 4.78 is 1.39. The van der Waals surface area contributed by atoms with E-state index in [1.807, 2.05) is 7.05 Å². The van der Waals surface area contributed by atoms with Crippen LogP contribution >= 0.6 is 0 Å². The Bertz CT molecular complexity index is 671. The molecule has 2 saturated heterocycles. The third-order valence-electron chi connectivity index (χ3n) is 5.04. The SMILES string of the molecule is CN1CC2(CCN(C(=O)c3cccc(=O)n3C)CC2)CC1=O. The summed E-state index contributed by atoms with van der Waals surface area (Å²) >= 11 is 0. The molecule has 0 N–H and O–H groups in total. The number of nitrogens with zero attached hydrogens (tertiary/aromatic N) is 3. The highest BCUT2D eigenvalue weighted by Gasteiger charge is 2.44. The van der Waals surface area contributed by atoms with E-state index >= 15 is 0 Å². The Morgan fingerprint density at radius 3 is 2.41 bits per heavy atom. The molecule has 0 unspecified atom stereocenters. The molecule has 2 aliphatic rings. The molecule has 1 aromatic rings. The summed E-state index contributed by atoms with van der Waals surface area (Å²) in [6.07, 6.45) is 2.28. The van der Waals surface area contributed by atoms with Crippen LogP contribution in [0.1, 0.15) is 29.8 Å². The smallest absolute Gasteiger partial charge is 0.270 e. The van der Waals surface area contributed by atoms with Gasteiger partial charge in [-0.1, -0.05) is 6.07 Å².